The van der Waals surface area contributed by atoms with E-state index in [0.29, 0.717) is 18.5 Å². The second kappa shape index (κ2) is 7.07. The van der Waals surface area contributed by atoms with Gasteiger partial charge in [0.05, 0.1) is 0 Å². The lowest BCUT2D eigenvalue weighted by Gasteiger charge is -2.21. The molecule has 5 heteroatoms. The van der Waals surface area contributed by atoms with Crippen LogP contribution in [0.15, 0.2) is 24.3 Å². The van der Waals surface area contributed by atoms with E-state index in [1.807, 2.05) is 40.6 Å². The number of nitrogens with one attached hydrogen (secondary N) is 1. The molecule has 3 rings (SSSR count). The monoisotopic (exact) mass is 322 g/mol. The van der Waals surface area contributed by atoms with E-state index >= 15 is 0 Å². The average Bonchev–Trinajstić information content (AvgIpc) is 2.67. The summed E-state index contributed by atoms with van der Waals surface area (Å²) in [5.74, 6) is 5.08. The Labute approximate surface area is 135 Å². The molecule has 21 heavy (non-hydrogen) atoms. The summed E-state index contributed by atoms with van der Waals surface area (Å²) < 4.78 is 0. The molecule has 0 radical (unpaired) electrons. The Balaban J connectivity index is 1.61. The van der Waals surface area contributed by atoms with E-state index in [-0.39, 0.29) is 5.91 Å². The van der Waals surface area contributed by atoms with Gasteiger partial charge in [0.25, 0.3) is 0 Å². The predicted molar refractivity (Wildman–Crippen MR) is 93.5 cm³/mol. The van der Waals surface area contributed by atoms with Crippen LogP contribution < -0.4 is 10.2 Å². The predicted octanol–water partition coefficient (Wildman–Crippen LogP) is 2.54. The van der Waals surface area contributed by atoms with Crippen LogP contribution in [0.25, 0.3) is 0 Å². The van der Waals surface area contributed by atoms with Gasteiger partial charge in [-0.25, -0.2) is 0 Å². The summed E-state index contributed by atoms with van der Waals surface area (Å²) in [5, 5.41) is 3.70. The van der Waals surface area contributed by atoms with E-state index in [1.165, 1.54) is 28.6 Å². The van der Waals surface area contributed by atoms with Gasteiger partial charge in [-0.2, -0.15) is 23.5 Å². The third-order valence-corrected chi connectivity index (χ3v) is 6.44. The van der Waals surface area contributed by atoms with Gasteiger partial charge in [0.1, 0.15) is 0 Å². The molecule has 2 aliphatic heterocycles. The Morgan fingerprint density at radius 2 is 1.95 bits per heavy atom. The third-order valence-electron chi connectivity index (χ3n) is 3.92. The number of hydrogen-bond acceptors (Lipinski definition) is 4. The molecular formula is C16H22N2OS2. The molecule has 1 atom stereocenters. The summed E-state index contributed by atoms with van der Waals surface area (Å²) in [4.78, 5) is 14.2. The normalized spacial score (nSPS) is 24.3. The highest BCUT2D eigenvalue weighted by Gasteiger charge is 2.32. The molecule has 0 spiro atoms. The molecule has 0 aromatic heterocycles. The molecule has 2 heterocycles. The van der Waals surface area contributed by atoms with E-state index in [1.54, 1.807) is 0 Å². The first-order chi connectivity index (χ1) is 10.2. The first-order valence-electron chi connectivity index (χ1n) is 7.51. The van der Waals surface area contributed by atoms with E-state index in [0.717, 1.165) is 12.2 Å². The number of hydrogen-bond donors (Lipinski definition) is 1. The second-order valence-corrected chi connectivity index (χ2v) is 8.06. The van der Waals surface area contributed by atoms with Crippen molar-refractivity contribution in [3.63, 3.8) is 0 Å². The van der Waals surface area contributed by atoms with Crippen molar-refractivity contribution in [2.75, 3.05) is 34.5 Å². The van der Waals surface area contributed by atoms with Crippen molar-refractivity contribution in [2.45, 2.75) is 25.4 Å². The van der Waals surface area contributed by atoms with Crippen LogP contribution >= 0.6 is 23.5 Å². The third kappa shape index (κ3) is 3.96. The topological polar surface area (TPSA) is 32.3 Å². The van der Waals surface area contributed by atoms with Crippen molar-refractivity contribution < 1.29 is 4.79 Å². The van der Waals surface area contributed by atoms with Crippen molar-refractivity contribution in [3.05, 3.63) is 29.8 Å². The molecule has 1 aromatic carbocycles. The fourth-order valence-corrected chi connectivity index (χ4v) is 5.33. The Morgan fingerprint density at radius 3 is 2.67 bits per heavy atom. The van der Waals surface area contributed by atoms with Crippen LogP contribution in [-0.4, -0.2) is 47.5 Å². The summed E-state index contributed by atoms with van der Waals surface area (Å²) in [5.41, 5.74) is 2.24. The van der Waals surface area contributed by atoms with Crippen LogP contribution in [0.1, 0.15) is 12.0 Å². The maximum absolute atomic E-state index is 12.3. The largest absolute Gasteiger partial charge is 0.311 e. The first-order valence-corrected chi connectivity index (χ1v) is 9.82. The summed E-state index contributed by atoms with van der Waals surface area (Å²) in [7, 11) is 0. The van der Waals surface area contributed by atoms with Gasteiger partial charge in [0.2, 0.25) is 5.91 Å². The number of aryl methyl sites for hydroxylation is 1. The molecule has 0 bridgehead atoms. The van der Waals surface area contributed by atoms with Crippen molar-refractivity contribution in [3.8, 4) is 0 Å². The summed E-state index contributed by atoms with van der Waals surface area (Å²) >= 11 is 4.05. The Kier molecular flexibility index (Phi) is 5.14. The van der Waals surface area contributed by atoms with Gasteiger partial charge in [-0.05, 0) is 24.6 Å². The lowest BCUT2D eigenvalue weighted by atomic mass is 10.2. The molecule has 2 fully saturated rings. The molecule has 114 valence electrons. The zero-order chi connectivity index (χ0) is 14.7. The smallest absolute Gasteiger partial charge is 0.228 e. The van der Waals surface area contributed by atoms with E-state index in [2.05, 4.69) is 24.4 Å². The Morgan fingerprint density at radius 1 is 1.19 bits per heavy atom. The van der Waals surface area contributed by atoms with Crippen LogP contribution in [0.2, 0.25) is 0 Å². The average molecular weight is 322 g/mol. The highest BCUT2D eigenvalue weighted by molar-refractivity contribution is 8.03. The first kappa shape index (κ1) is 15.3. The van der Waals surface area contributed by atoms with Crippen molar-refractivity contribution >= 4 is 35.1 Å². The van der Waals surface area contributed by atoms with Gasteiger partial charge < -0.3 is 10.2 Å². The lowest BCUT2D eigenvalue weighted by Crippen LogP contribution is -2.42. The van der Waals surface area contributed by atoms with Crippen LogP contribution in [0.5, 0.6) is 0 Å². The van der Waals surface area contributed by atoms with E-state index < -0.39 is 0 Å². The van der Waals surface area contributed by atoms with E-state index in [9.17, 15) is 4.79 Å². The van der Waals surface area contributed by atoms with E-state index in [4.69, 9.17) is 0 Å². The van der Waals surface area contributed by atoms with Crippen molar-refractivity contribution in [1.29, 1.82) is 0 Å². The number of nitrogens with zero attached hydrogens (tertiary/aromatic N) is 1. The minimum atomic E-state index is 0.243. The highest BCUT2D eigenvalue weighted by Crippen LogP contribution is 2.24. The van der Waals surface area contributed by atoms with Gasteiger partial charge in [0, 0.05) is 53.7 Å². The van der Waals surface area contributed by atoms with Crippen LogP contribution in [0, 0.1) is 6.92 Å². The number of carbonyl (C=O) groups excluding carboxylic acids is 1. The number of rotatable bonds is 3. The zero-order valence-electron chi connectivity index (χ0n) is 12.4. The molecule has 0 unspecified atom stereocenters. The van der Waals surface area contributed by atoms with Crippen molar-refractivity contribution in [1.82, 2.24) is 5.32 Å². The summed E-state index contributed by atoms with van der Waals surface area (Å²) in [6.07, 6.45) is 0.625. The standard InChI is InChI=1S/C16H22N2OS2/c1-12-3-2-4-15(7-12)18-9-13(8-16(18)19)17-14-10-20-5-6-21-11-14/h2-4,7,13-14,17H,5-6,8-11H2,1H3/t13-/m1/s1. The van der Waals surface area contributed by atoms with Crippen LogP contribution in [0.3, 0.4) is 0 Å². The molecule has 1 aromatic rings. The van der Waals surface area contributed by atoms with Gasteiger partial charge in [0.15, 0.2) is 0 Å². The quantitative estimate of drug-likeness (QED) is 0.927. The zero-order valence-corrected chi connectivity index (χ0v) is 14.0. The fraction of sp³-hybridized carbons (Fsp3) is 0.562. The number of amides is 1. The molecule has 1 N–H and O–H groups in total. The molecule has 0 aliphatic carbocycles. The van der Waals surface area contributed by atoms with Gasteiger partial charge in [-0.1, -0.05) is 12.1 Å². The highest BCUT2D eigenvalue weighted by atomic mass is 32.2. The number of carbonyl (C=O) groups is 1. The molecule has 2 saturated heterocycles. The molecular weight excluding hydrogens is 300 g/mol. The maximum Gasteiger partial charge on any atom is 0.228 e. The number of benzene rings is 1. The Hall–Kier alpha value is -0.650. The van der Waals surface area contributed by atoms with Gasteiger partial charge in [-0.3, -0.25) is 4.79 Å². The Bertz CT molecular complexity index is 501. The van der Waals surface area contributed by atoms with Crippen LogP contribution in [-0.2, 0) is 4.79 Å². The minimum absolute atomic E-state index is 0.243. The SMILES string of the molecule is Cc1cccc(N2C[C@H](NC3CSCCSC3)CC2=O)c1. The second-order valence-electron chi connectivity index (χ2n) is 5.76. The number of anilines is 1. The molecule has 0 saturated carbocycles. The fourth-order valence-electron chi connectivity index (χ4n) is 2.91. The summed E-state index contributed by atoms with van der Waals surface area (Å²) in [6.45, 7) is 2.87. The minimum Gasteiger partial charge on any atom is -0.311 e. The molecule has 3 nitrogen and oxygen atoms in total. The molecule has 2 aliphatic rings. The van der Waals surface area contributed by atoms with Crippen molar-refractivity contribution in [2.24, 2.45) is 0 Å². The maximum atomic E-state index is 12.3. The van der Waals surface area contributed by atoms with Crippen LogP contribution in [0.4, 0.5) is 5.69 Å². The summed E-state index contributed by atoms with van der Waals surface area (Å²) in [6, 6.07) is 9.05. The number of thioether (sulfide) groups is 2. The molecule has 1 amide bonds. The lowest BCUT2D eigenvalue weighted by molar-refractivity contribution is -0.117. The van der Waals surface area contributed by atoms with Gasteiger partial charge in [-0.15, -0.1) is 0 Å². The van der Waals surface area contributed by atoms with Gasteiger partial charge >= 0.3 is 0 Å².